The molecule has 0 aliphatic carbocycles. The fraction of sp³-hybridized carbons (Fsp3) is 0.273. The molecule has 3 aromatic rings. The minimum atomic E-state index is -0.493. The number of hydrogen-bond donors (Lipinski definition) is 1. The van der Waals surface area contributed by atoms with E-state index in [4.69, 9.17) is 10.2 Å². The Morgan fingerprint density at radius 1 is 1.07 bits per heavy atom. The molecule has 4 rings (SSSR count). The van der Waals surface area contributed by atoms with Crippen LogP contribution in [0.1, 0.15) is 21.7 Å². The van der Waals surface area contributed by atoms with Gasteiger partial charge in [-0.05, 0) is 37.3 Å². The van der Waals surface area contributed by atoms with Crippen molar-refractivity contribution in [2.24, 2.45) is 5.73 Å². The van der Waals surface area contributed by atoms with Crippen molar-refractivity contribution in [3.05, 3.63) is 71.7 Å². The number of pyridine rings is 1. The molecule has 0 radical (unpaired) electrons. The van der Waals surface area contributed by atoms with E-state index in [1.165, 1.54) is 17.4 Å². The molecule has 2 N–H and O–H groups in total. The highest BCUT2D eigenvalue weighted by atomic mass is 16.3. The first-order valence-corrected chi connectivity index (χ1v) is 9.46. The van der Waals surface area contributed by atoms with Gasteiger partial charge in [-0.15, -0.1) is 0 Å². The van der Waals surface area contributed by atoms with Crippen LogP contribution in [0.25, 0.3) is 11.3 Å². The monoisotopic (exact) mass is 376 g/mol. The predicted molar refractivity (Wildman–Crippen MR) is 109 cm³/mol. The summed E-state index contributed by atoms with van der Waals surface area (Å²) in [5, 5.41) is 0. The molecule has 0 atom stereocenters. The Hall–Kier alpha value is -3.12. The first-order chi connectivity index (χ1) is 13.6. The van der Waals surface area contributed by atoms with Gasteiger partial charge < -0.3 is 15.1 Å². The number of furan rings is 1. The van der Waals surface area contributed by atoms with Crippen LogP contribution in [0.4, 0.5) is 5.69 Å². The van der Waals surface area contributed by atoms with Gasteiger partial charge in [0.1, 0.15) is 11.5 Å². The molecule has 1 aliphatic rings. The zero-order valence-corrected chi connectivity index (χ0v) is 16.0. The number of nitrogens with two attached hydrogens (primary N) is 1. The maximum Gasteiger partial charge on any atom is 0.250 e. The van der Waals surface area contributed by atoms with Crippen LogP contribution in [0.15, 0.2) is 59.3 Å². The van der Waals surface area contributed by atoms with Gasteiger partial charge in [-0.1, -0.05) is 17.7 Å². The molecule has 1 fully saturated rings. The van der Waals surface area contributed by atoms with Gasteiger partial charge in [-0.3, -0.25) is 14.7 Å². The summed E-state index contributed by atoms with van der Waals surface area (Å²) in [5.74, 6) is 1.11. The van der Waals surface area contributed by atoms with Gasteiger partial charge in [0.2, 0.25) is 5.91 Å². The normalized spacial score (nSPS) is 15.0. The lowest BCUT2D eigenvalue weighted by atomic mass is 10.1. The predicted octanol–water partition coefficient (Wildman–Crippen LogP) is 3.07. The number of primary amides is 1. The van der Waals surface area contributed by atoms with E-state index in [1.807, 2.05) is 12.1 Å². The van der Waals surface area contributed by atoms with Gasteiger partial charge in [0.25, 0.3) is 0 Å². The van der Waals surface area contributed by atoms with Crippen LogP contribution in [0.3, 0.4) is 0 Å². The molecule has 1 aliphatic heterocycles. The SMILES string of the molecule is Cc1ccc(N2CCN(Cc3ccc(-c4cncc(C(N)=O)c4)o3)CC2)cc1. The fourth-order valence-corrected chi connectivity index (χ4v) is 3.47. The highest BCUT2D eigenvalue weighted by Crippen LogP contribution is 2.24. The quantitative estimate of drug-likeness (QED) is 0.741. The molecule has 1 saturated heterocycles. The molecule has 2 aromatic heterocycles. The molecule has 1 aromatic carbocycles. The molecule has 0 saturated carbocycles. The minimum Gasteiger partial charge on any atom is -0.460 e. The molecular formula is C22H24N4O2. The molecule has 0 spiro atoms. The average Bonchev–Trinajstić information content (AvgIpc) is 3.18. The summed E-state index contributed by atoms with van der Waals surface area (Å²) < 4.78 is 5.98. The zero-order chi connectivity index (χ0) is 19.5. The summed E-state index contributed by atoms with van der Waals surface area (Å²) in [6, 6.07) is 14.3. The summed E-state index contributed by atoms with van der Waals surface area (Å²) in [5.41, 5.74) is 9.03. The second kappa shape index (κ2) is 7.86. The van der Waals surface area contributed by atoms with E-state index in [9.17, 15) is 4.79 Å². The van der Waals surface area contributed by atoms with Crippen LogP contribution < -0.4 is 10.6 Å². The van der Waals surface area contributed by atoms with Crippen molar-refractivity contribution in [1.82, 2.24) is 9.88 Å². The van der Waals surface area contributed by atoms with Crippen molar-refractivity contribution in [3.8, 4) is 11.3 Å². The van der Waals surface area contributed by atoms with Crippen molar-refractivity contribution < 1.29 is 9.21 Å². The van der Waals surface area contributed by atoms with Crippen molar-refractivity contribution >= 4 is 11.6 Å². The third kappa shape index (κ3) is 4.07. The highest BCUT2D eigenvalue weighted by Gasteiger charge is 2.18. The third-order valence-corrected chi connectivity index (χ3v) is 5.12. The van der Waals surface area contributed by atoms with Crippen molar-refractivity contribution in [3.63, 3.8) is 0 Å². The van der Waals surface area contributed by atoms with Crippen LogP contribution in [0.2, 0.25) is 0 Å². The van der Waals surface area contributed by atoms with E-state index in [-0.39, 0.29) is 0 Å². The third-order valence-electron chi connectivity index (χ3n) is 5.12. The number of benzene rings is 1. The van der Waals surface area contributed by atoms with Gasteiger partial charge in [0.05, 0.1) is 12.1 Å². The molecule has 3 heterocycles. The van der Waals surface area contributed by atoms with Gasteiger partial charge in [-0.25, -0.2) is 0 Å². The van der Waals surface area contributed by atoms with E-state index in [0.29, 0.717) is 11.3 Å². The molecule has 6 nitrogen and oxygen atoms in total. The molecule has 1 amide bonds. The summed E-state index contributed by atoms with van der Waals surface area (Å²) in [4.78, 5) is 20.2. The lowest BCUT2D eigenvalue weighted by Crippen LogP contribution is -2.45. The number of nitrogens with zero attached hydrogens (tertiary/aromatic N) is 3. The Morgan fingerprint density at radius 2 is 1.82 bits per heavy atom. The topological polar surface area (TPSA) is 75.6 Å². The summed E-state index contributed by atoms with van der Waals surface area (Å²) in [6.45, 7) is 6.86. The number of rotatable bonds is 5. The van der Waals surface area contributed by atoms with Crippen molar-refractivity contribution in [2.75, 3.05) is 31.1 Å². The second-order valence-corrected chi connectivity index (χ2v) is 7.19. The van der Waals surface area contributed by atoms with E-state index in [2.05, 4.69) is 46.0 Å². The Kier molecular flexibility index (Phi) is 5.12. The van der Waals surface area contributed by atoms with Gasteiger partial charge >= 0.3 is 0 Å². The van der Waals surface area contributed by atoms with Crippen LogP contribution in [0, 0.1) is 6.92 Å². The Balaban J connectivity index is 1.37. The molecule has 6 heteroatoms. The summed E-state index contributed by atoms with van der Waals surface area (Å²) >= 11 is 0. The van der Waals surface area contributed by atoms with E-state index >= 15 is 0 Å². The van der Waals surface area contributed by atoms with E-state index in [0.717, 1.165) is 44.0 Å². The molecule has 28 heavy (non-hydrogen) atoms. The minimum absolute atomic E-state index is 0.377. The molecule has 0 bridgehead atoms. The Labute approximate surface area is 164 Å². The Morgan fingerprint density at radius 3 is 2.54 bits per heavy atom. The smallest absolute Gasteiger partial charge is 0.250 e. The standard InChI is InChI=1S/C22H24N4O2/c1-16-2-4-19(5-3-16)26-10-8-25(9-11-26)15-20-6-7-21(28-20)17-12-18(22(23)27)14-24-13-17/h2-7,12-14H,8-11,15H2,1H3,(H2,23,27). The van der Waals surface area contributed by atoms with Crippen LogP contribution in [-0.2, 0) is 6.54 Å². The lowest BCUT2D eigenvalue weighted by molar-refractivity contribution is 0.1000. The maximum atomic E-state index is 11.3. The molecular weight excluding hydrogens is 352 g/mol. The summed E-state index contributed by atoms with van der Waals surface area (Å²) in [7, 11) is 0. The van der Waals surface area contributed by atoms with Crippen molar-refractivity contribution in [1.29, 1.82) is 0 Å². The van der Waals surface area contributed by atoms with Crippen molar-refractivity contribution in [2.45, 2.75) is 13.5 Å². The van der Waals surface area contributed by atoms with Gasteiger partial charge in [0.15, 0.2) is 0 Å². The fourth-order valence-electron chi connectivity index (χ4n) is 3.47. The highest BCUT2D eigenvalue weighted by molar-refractivity contribution is 5.93. The second-order valence-electron chi connectivity index (χ2n) is 7.19. The lowest BCUT2D eigenvalue weighted by Gasteiger charge is -2.35. The number of amides is 1. The zero-order valence-electron chi connectivity index (χ0n) is 16.0. The average molecular weight is 376 g/mol. The number of carbonyl (C=O) groups excluding carboxylic acids is 1. The molecule has 144 valence electrons. The van der Waals surface area contributed by atoms with Gasteiger partial charge in [-0.2, -0.15) is 0 Å². The Bertz CT molecular complexity index is 957. The number of aromatic nitrogens is 1. The number of carbonyl (C=O) groups is 1. The molecule has 0 unspecified atom stereocenters. The largest absolute Gasteiger partial charge is 0.460 e. The van der Waals surface area contributed by atoms with Gasteiger partial charge in [0, 0.05) is 49.8 Å². The number of aryl methyl sites for hydroxylation is 1. The first-order valence-electron chi connectivity index (χ1n) is 9.46. The maximum absolute atomic E-state index is 11.3. The van der Waals surface area contributed by atoms with E-state index < -0.39 is 5.91 Å². The van der Waals surface area contributed by atoms with Crippen LogP contribution in [-0.4, -0.2) is 42.0 Å². The number of anilines is 1. The van der Waals surface area contributed by atoms with E-state index in [1.54, 1.807) is 12.3 Å². The van der Waals surface area contributed by atoms with Crippen LogP contribution >= 0.6 is 0 Å². The first kappa shape index (κ1) is 18.3. The number of hydrogen-bond acceptors (Lipinski definition) is 5. The summed E-state index contributed by atoms with van der Waals surface area (Å²) in [6.07, 6.45) is 3.14. The number of piperazine rings is 1. The van der Waals surface area contributed by atoms with Crippen LogP contribution in [0.5, 0.6) is 0 Å².